The van der Waals surface area contributed by atoms with Gasteiger partial charge < -0.3 is 10.5 Å². The predicted octanol–water partition coefficient (Wildman–Crippen LogP) is 3.04. The van der Waals surface area contributed by atoms with E-state index in [1.807, 2.05) is 0 Å². The molecule has 2 aromatic rings. The average molecular weight is 281 g/mol. The van der Waals surface area contributed by atoms with E-state index in [4.69, 9.17) is 10.5 Å². The minimum absolute atomic E-state index is 0.0284. The number of nitrogens with two attached hydrogens (primary N) is 1. The Balaban J connectivity index is 2.08. The van der Waals surface area contributed by atoms with Gasteiger partial charge in [0.15, 0.2) is 0 Å². The van der Waals surface area contributed by atoms with E-state index in [9.17, 15) is 18.0 Å². The number of carbonyl (C=O) groups excluding carboxylic acids is 1. The fraction of sp³-hybridized carbons (Fsp3) is 0.0714. The Labute approximate surface area is 112 Å². The summed E-state index contributed by atoms with van der Waals surface area (Å²) < 4.78 is 44.0. The SMILES string of the molecule is Nc1cc(C(=O)OCc2cc(F)ccc2F)ccc1F. The summed E-state index contributed by atoms with van der Waals surface area (Å²) in [6.07, 6.45) is 0. The summed E-state index contributed by atoms with van der Waals surface area (Å²) in [5, 5.41) is 0. The molecular formula is C14H10F3NO2. The van der Waals surface area contributed by atoms with E-state index in [0.717, 1.165) is 30.3 Å². The van der Waals surface area contributed by atoms with E-state index in [1.165, 1.54) is 6.07 Å². The lowest BCUT2D eigenvalue weighted by molar-refractivity contribution is 0.0468. The van der Waals surface area contributed by atoms with Crippen LogP contribution in [-0.2, 0) is 11.3 Å². The second-order valence-electron chi connectivity index (χ2n) is 4.05. The molecule has 0 bridgehead atoms. The number of nitrogen functional groups attached to an aromatic ring is 1. The third-order valence-electron chi connectivity index (χ3n) is 2.60. The van der Waals surface area contributed by atoms with Gasteiger partial charge in [0.1, 0.15) is 24.1 Å². The maximum absolute atomic E-state index is 13.3. The summed E-state index contributed by atoms with van der Waals surface area (Å²) in [6, 6.07) is 6.15. The van der Waals surface area contributed by atoms with E-state index >= 15 is 0 Å². The molecular weight excluding hydrogens is 271 g/mol. The number of rotatable bonds is 3. The Morgan fingerprint density at radius 3 is 2.45 bits per heavy atom. The van der Waals surface area contributed by atoms with E-state index in [1.54, 1.807) is 0 Å². The van der Waals surface area contributed by atoms with Gasteiger partial charge in [0, 0.05) is 5.56 Å². The average Bonchev–Trinajstić information content (AvgIpc) is 2.42. The first-order valence-electron chi connectivity index (χ1n) is 5.63. The standard InChI is InChI=1S/C14H10F3NO2/c15-10-2-4-11(16)9(5-10)7-20-14(19)8-1-3-12(17)13(18)6-8/h1-6H,7,18H2. The van der Waals surface area contributed by atoms with Crippen molar-refractivity contribution in [3.05, 3.63) is 65.0 Å². The van der Waals surface area contributed by atoms with Crippen molar-refractivity contribution in [2.75, 3.05) is 5.73 Å². The van der Waals surface area contributed by atoms with Crippen molar-refractivity contribution in [1.82, 2.24) is 0 Å². The Bertz CT molecular complexity index is 659. The maximum Gasteiger partial charge on any atom is 0.338 e. The van der Waals surface area contributed by atoms with E-state index < -0.39 is 30.0 Å². The van der Waals surface area contributed by atoms with Crippen molar-refractivity contribution in [3.63, 3.8) is 0 Å². The van der Waals surface area contributed by atoms with Crippen molar-refractivity contribution >= 4 is 11.7 Å². The van der Waals surface area contributed by atoms with Gasteiger partial charge in [-0.2, -0.15) is 0 Å². The molecule has 0 saturated heterocycles. The molecule has 0 aromatic heterocycles. The third kappa shape index (κ3) is 3.09. The minimum Gasteiger partial charge on any atom is -0.457 e. The van der Waals surface area contributed by atoms with Crippen LogP contribution in [0.2, 0.25) is 0 Å². The van der Waals surface area contributed by atoms with Crippen LogP contribution >= 0.6 is 0 Å². The molecule has 0 saturated carbocycles. The molecule has 0 aliphatic rings. The Kier molecular flexibility index (Phi) is 3.93. The number of anilines is 1. The Morgan fingerprint density at radius 2 is 1.75 bits per heavy atom. The van der Waals surface area contributed by atoms with E-state index in [0.29, 0.717) is 0 Å². The number of ether oxygens (including phenoxy) is 1. The van der Waals surface area contributed by atoms with Crippen molar-refractivity contribution in [3.8, 4) is 0 Å². The van der Waals surface area contributed by atoms with Gasteiger partial charge in [0.2, 0.25) is 0 Å². The molecule has 2 rings (SSSR count). The van der Waals surface area contributed by atoms with Gasteiger partial charge in [0.25, 0.3) is 0 Å². The molecule has 0 atom stereocenters. The lowest BCUT2D eigenvalue weighted by atomic mass is 10.2. The predicted molar refractivity (Wildman–Crippen MR) is 66.3 cm³/mol. The van der Waals surface area contributed by atoms with E-state index in [-0.39, 0.29) is 16.8 Å². The largest absolute Gasteiger partial charge is 0.457 e. The van der Waals surface area contributed by atoms with Crippen LogP contribution in [-0.4, -0.2) is 5.97 Å². The van der Waals surface area contributed by atoms with Crippen LogP contribution in [0.4, 0.5) is 18.9 Å². The molecule has 0 heterocycles. The highest BCUT2D eigenvalue weighted by Gasteiger charge is 2.11. The summed E-state index contributed by atoms with van der Waals surface area (Å²) in [5.74, 6) is -2.78. The summed E-state index contributed by atoms with van der Waals surface area (Å²) in [4.78, 5) is 11.7. The van der Waals surface area contributed by atoms with Crippen LogP contribution in [0.5, 0.6) is 0 Å². The zero-order valence-corrected chi connectivity index (χ0v) is 10.2. The molecule has 2 N–H and O–H groups in total. The molecule has 104 valence electrons. The van der Waals surface area contributed by atoms with Crippen molar-refractivity contribution in [2.24, 2.45) is 0 Å². The molecule has 3 nitrogen and oxygen atoms in total. The number of halogens is 3. The van der Waals surface area contributed by atoms with Gasteiger partial charge in [-0.1, -0.05) is 0 Å². The number of carbonyl (C=O) groups is 1. The second-order valence-corrected chi connectivity index (χ2v) is 4.05. The molecule has 0 fully saturated rings. The number of hydrogen-bond donors (Lipinski definition) is 1. The van der Waals surface area contributed by atoms with Gasteiger partial charge in [-0.25, -0.2) is 18.0 Å². The summed E-state index contributed by atoms with van der Waals surface area (Å²) in [7, 11) is 0. The number of hydrogen-bond acceptors (Lipinski definition) is 3. The molecule has 2 aromatic carbocycles. The zero-order valence-electron chi connectivity index (χ0n) is 10.2. The highest BCUT2D eigenvalue weighted by Crippen LogP contribution is 2.15. The topological polar surface area (TPSA) is 52.3 Å². The zero-order chi connectivity index (χ0) is 14.7. The number of esters is 1. The first kappa shape index (κ1) is 13.9. The summed E-state index contributed by atoms with van der Waals surface area (Å²) in [5.41, 5.74) is 5.06. The summed E-state index contributed by atoms with van der Waals surface area (Å²) in [6.45, 7) is -0.431. The molecule has 0 radical (unpaired) electrons. The van der Waals surface area contributed by atoms with Gasteiger partial charge in [-0.3, -0.25) is 0 Å². The van der Waals surface area contributed by atoms with Gasteiger partial charge in [-0.15, -0.1) is 0 Å². The van der Waals surface area contributed by atoms with Gasteiger partial charge in [-0.05, 0) is 36.4 Å². The van der Waals surface area contributed by atoms with Crippen molar-refractivity contribution in [2.45, 2.75) is 6.61 Å². The second kappa shape index (κ2) is 5.64. The summed E-state index contributed by atoms with van der Waals surface area (Å²) >= 11 is 0. The van der Waals surface area contributed by atoms with Gasteiger partial charge >= 0.3 is 5.97 Å². The smallest absolute Gasteiger partial charge is 0.338 e. The van der Waals surface area contributed by atoms with Gasteiger partial charge in [0.05, 0.1) is 11.3 Å². The monoisotopic (exact) mass is 281 g/mol. The molecule has 6 heteroatoms. The van der Waals surface area contributed by atoms with Crippen LogP contribution in [0.25, 0.3) is 0 Å². The van der Waals surface area contributed by atoms with Crippen molar-refractivity contribution < 1.29 is 22.7 Å². The molecule has 0 unspecified atom stereocenters. The third-order valence-corrected chi connectivity index (χ3v) is 2.60. The van der Waals surface area contributed by atoms with Crippen LogP contribution in [0.1, 0.15) is 15.9 Å². The molecule has 0 aliphatic carbocycles. The van der Waals surface area contributed by atoms with E-state index in [2.05, 4.69) is 0 Å². The fourth-order valence-corrected chi connectivity index (χ4v) is 1.55. The molecule has 0 spiro atoms. The quantitative estimate of drug-likeness (QED) is 0.695. The maximum atomic E-state index is 13.3. The normalized spacial score (nSPS) is 10.3. The number of benzene rings is 2. The molecule has 20 heavy (non-hydrogen) atoms. The minimum atomic E-state index is -0.805. The van der Waals surface area contributed by atoms with Crippen LogP contribution in [0, 0.1) is 17.5 Å². The fourth-order valence-electron chi connectivity index (χ4n) is 1.55. The first-order valence-corrected chi connectivity index (χ1v) is 5.63. The van der Waals surface area contributed by atoms with Crippen LogP contribution in [0.3, 0.4) is 0 Å². The lowest BCUT2D eigenvalue weighted by Crippen LogP contribution is -2.07. The molecule has 0 aliphatic heterocycles. The Hall–Kier alpha value is -2.50. The molecule has 0 amide bonds. The Morgan fingerprint density at radius 1 is 1.05 bits per heavy atom. The highest BCUT2D eigenvalue weighted by atomic mass is 19.1. The lowest BCUT2D eigenvalue weighted by Gasteiger charge is -2.07. The highest BCUT2D eigenvalue weighted by molar-refractivity contribution is 5.90. The first-order chi connectivity index (χ1) is 9.47. The van der Waals surface area contributed by atoms with Crippen LogP contribution < -0.4 is 5.73 Å². The van der Waals surface area contributed by atoms with Crippen molar-refractivity contribution in [1.29, 1.82) is 0 Å². The van der Waals surface area contributed by atoms with Crippen LogP contribution in [0.15, 0.2) is 36.4 Å².